The van der Waals surface area contributed by atoms with Gasteiger partial charge in [0.2, 0.25) is 0 Å². The van der Waals surface area contributed by atoms with Crippen LogP contribution < -0.4 is 0 Å². The number of nitrogens with zero attached hydrogens (tertiary/aromatic N) is 2. The van der Waals surface area contributed by atoms with Crippen molar-refractivity contribution in [3.8, 4) is 0 Å². The van der Waals surface area contributed by atoms with Crippen molar-refractivity contribution in [1.29, 1.82) is 0 Å². The Kier molecular flexibility index (Phi) is 7.47. The third kappa shape index (κ3) is 3.28. The van der Waals surface area contributed by atoms with E-state index >= 15 is 0 Å². The smallest absolute Gasteiger partial charge is 0.394 e. The molecule has 0 aromatic carbocycles. The summed E-state index contributed by atoms with van der Waals surface area (Å²) in [7, 11) is 0. The van der Waals surface area contributed by atoms with E-state index in [9.17, 15) is 0 Å². The van der Waals surface area contributed by atoms with Crippen molar-refractivity contribution < 1.29 is 21.1 Å². The molecule has 44 valence electrons. The molecular weight excluding hydrogens is 292 g/mol. The average Bonchev–Trinajstić information content (AvgIpc) is 1.86. The first-order chi connectivity index (χ1) is 2.89. The summed E-state index contributed by atoms with van der Waals surface area (Å²) in [5, 5.41) is 0. The first-order valence-corrected chi connectivity index (χ1v) is 2.29. The van der Waals surface area contributed by atoms with Crippen LogP contribution in [0.25, 0.3) is 0 Å². The fourth-order valence-corrected chi connectivity index (χ4v) is 0.566. The number of hydrogen-bond donors (Lipinski definition) is 0. The zero-order chi connectivity index (χ0) is 4.41. The summed E-state index contributed by atoms with van der Waals surface area (Å²) >= 11 is 1.18. The summed E-state index contributed by atoms with van der Waals surface area (Å²) in [4.78, 5) is 0. The molecule has 0 radical (unpaired) electrons. The molecule has 0 unspecified atom stereocenters. The van der Waals surface area contributed by atoms with E-state index in [0.29, 0.717) is 0 Å². The molecule has 0 aliphatic rings. The van der Waals surface area contributed by atoms with Crippen LogP contribution in [0.2, 0.25) is 0 Å². The minimum Gasteiger partial charge on any atom is -0.394 e. The van der Waals surface area contributed by atoms with Crippen LogP contribution in [0.4, 0.5) is 0 Å². The van der Waals surface area contributed by atoms with E-state index in [2.05, 4.69) is 14.9 Å². The van der Waals surface area contributed by atoms with Gasteiger partial charge in [0.1, 0.15) is 0 Å². The normalized spacial score (nSPS) is 6.62. The van der Waals surface area contributed by atoms with Gasteiger partial charge in [-0.2, -0.15) is 0 Å². The van der Waals surface area contributed by atoms with Crippen LogP contribution in [-0.2, 0) is 21.1 Å². The van der Waals surface area contributed by atoms with E-state index in [1.807, 2.05) is 6.92 Å². The molecule has 0 bridgehead atoms. The molecule has 0 saturated heterocycles. The summed E-state index contributed by atoms with van der Waals surface area (Å²) in [5.41, 5.74) is 0.875. The van der Waals surface area contributed by atoms with Gasteiger partial charge in [-0.3, -0.25) is 0 Å². The van der Waals surface area contributed by atoms with Crippen molar-refractivity contribution in [3.63, 3.8) is 0 Å². The zero-order valence-corrected chi connectivity index (χ0v) is 8.46. The first kappa shape index (κ1) is 11.1. The largest absolute Gasteiger partial charge is 2.00 e. The third-order valence-electron chi connectivity index (χ3n) is 0.426. The number of rotatable bonds is 0. The second-order valence-corrected chi connectivity index (χ2v) is 1.49. The molecule has 2 nitrogen and oxygen atoms in total. The standard InChI is InChI=1S/C3H3N2S.CH3.W/c1-3-2-4-6-5-3;;/h1H3;1H3;/q2*-1;+2. The van der Waals surface area contributed by atoms with Gasteiger partial charge in [-0.15, -0.1) is 5.69 Å². The maximum absolute atomic E-state index is 3.79. The molecule has 1 aromatic rings. The number of hydrogen-bond acceptors (Lipinski definition) is 3. The van der Waals surface area contributed by atoms with Crippen LogP contribution in [0.3, 0.4) is 0 Å². The molecule has 4 heteroatoms. The summed E-state index contributed by atoms with van der Waals surface area (Å²) < 4.78 is 7.42. The van der Waals surface area contributed by atoms with E-state index in [-0.39, 0.29) is 28.5 Å². The van der Waals surface area contributed by atoms with Crippen LogP contribution in [0.15, 0.2) is 0 Å². The minimum atomic E-state index is 0. The molecule has 1 rings (SSSR count). The van der Waals surface area contributed by atoms with Crippen molar-refractivity contribution in [2.45, 2.75) is 6.92 Å². The molecule has 0 N–H and O–H groups in total. The Morgan fingerprint density at radius 1 is 1.62 bits per heavy atom. The van der Waals surface area contributed by atoms with Crippen molar-refractivity contribution >= 4 is 11.7 Å². The summed E-state index contributed by atoms with van der Waals surface area (Å²) in [6.07, 6.45) is 2.66. The molecule has 1 aromatic heterocycles. The molecule has 0 aliphatic carbocycles. The zero-order valence-electron chi connectivity index (χ0n) is 4.71. The van der Waals surface area contributed by atoms with E-state index in [0.717, 1.165) is 5.69 Å². The maximum Gasteiger partial charge on any atom is 2.00 e. The van der Waals surface area contributed by atoms with Crippen molar-refractivity contribution in [3.05, 3.63) is 19.3 Å². The van der Waals surface area contributed by atoms with Gasteiger partial charge in [-0.25, -0.2) is 4.37 Å². The second-order valence-electron chi connectivity index (χ2n) is 0.961. The quantitative estimate of drug-likeness (QED) is 0.670. The fraction of sp³-hybridized carbons (Fsp3) is 0.250. The molecule has 0 amide bonds. The second kappa shape index (κ2) is 5.39. The summed E-state index contributed by atoms with van der Waals surface area (Å²) in [6, 6.07) is 0. The van der Waals surface area contributed by atoms with Gasteiger partial charge < -0.3 is 18.0 Å². The van der Waals surface area contributed by atoms with Crippen molar-refractivity contribution in [1.82, 2.24) is 8.75 Å². The van der Waals surface area contributed by atoms with Gasteiger partial charge in [-0.1, -0.05) is 6.92 Å². The van der Waals surface area contributed by atoms with Crippen LogP contribution in [0.1, 0.15) is 5.69 Å². The molecule has 1 heterocycles. The Hall–Kier alpha value is 0.248. The first-order valence-electron chi connectivity index (χ1n) is 1.56. The monoisotopic (exact) mass is 298 g/mol. The molecule has 0 atom stereocenters. The Bertz CT molecular complexity index is 118. The Labute approximate surface area is 67.9 Å². The Morgan fingerprint density at radius 3 is 2.38 bits per heavy atom. The third-order valence-corrected chi connectivity index (χ3v) is 0.954. The maximum atomic E-state index is 3.79. The SMILES string of the molecule is Cc1[c-]nsn1.[CH3-].[W+2]. The van der Waals surface area contributed by atoms with E-state index in [1.165, 1.54) is 11.7 Å². The van der Waals surface area contributed by atoms with E-state index < -0.39 is 0 Å². The van der Waals surface area contributed by atoms with Crippen LogP contribution in [0.5, 0.6) is 0 Å². The van der Waals surface area contributed by atoms with Gasteiger partial charge >= 0.3 is 21.1 Å². The van der Waals surface area contributed by atoms with Gasteiger partial charge in [0.25, 0.3) is 0 Å². The van der Waals surface area contributed by atoms with Crippen molar-refractivity contribution in [2.24, 2.45) is 0 Å². The molecule has 0 saturated carbocycles. The predicted molar refractivity (Wildman–Crippen MR) is 29.9 cm³/mol. The summed E-state index contributed by atoms with van der Waals surface area (Å²) in [5.74, 6) is 0. The van der Waals surface area contributed by atoms with Crippen molar-refractivity contribution in [2.75, 3.05) is 0 Å². The summed E-state index contributed by atoms with van der Waals surface area (Å²) in [6.45, 7) is 1.86. The van der Waals surface area contributed by atoms with Gasteiger partial charge in [-0.05, 0) is 0 Å². The number of aryl methyl sites for hydroxylation is 1. The molecule has 8 heavy (non-hydrogen) atoms. The Balaban J connectivity index is 0. The molecule has 0 fully saturated rings. The minimum absolute atomic E-state index is 0. The van der Waals surface area contributed by atoms with Crippen LogP contribution in [0, 0.1) is 20.5 Å². The van der Waals surface area contributed by atoms with E-state index in [4.69, 9.17) is 0 Å². The topological polar surface area (TPSA) is 25.8 Å². The molecule has 0 spiro atoms. The predicted octanol–water partition coefficient (Wildman–Crippen LogP) is 1.09. The molecular formula is C4H6N2SW. The Morgan fingerprint density at radius 2 is 2.25 bits per heavy atom. The van der Waals surface area contributed by atoms with Crippen LogP contribution >= 0.6 is 11.7 Å². The van der Waals surface area contributed by atoms with Gasteiger partial charge in [0, 0.05) is 11.7 Å². The van der Waals surface area contributed by atoms with E-state index in [1.54, 1.807) is 0 Å². The number of aromatic nitrogens is 2. The fourth-order valence-electron chi connectivity index (χ4n) is 0.189. The van der Waals surface area contributed by atoms with Gasteiger partial charge in [0.05, 0.1) is 0 Å². The average molecular weight is 298 g/mol. The van der Waals surface area contributed by atoms with Gasteiger partial charge in [0.15, 0.2) is 0 Å². The van der Waals surface area contributed by atoms with Crippen LogP contribution in [-0.4, -0.2) is 8.75 Å². The molecule has 0 aliphatic heterocycles.